The predicted molar refractivity (Wildman–Crippen MR) is 103 cm³/mol. The Kier molecular flexibility index (Phi) is 5.13. The van der Waals surface area contributed by atoms with E-state index in [1.807, 2.05) is 35.2 Å². The molecule has 26 heavy (non-hydrogen) atoms. The summed E-state index contributed by atoms with van der Waals surface area (Å²) in [5.74, 6) is 1.71. The van der Waals surface area contributed by atoms with Crippen molar-refractivity contribution in [2.75, 3.05) is 32.8 Å². The number of hydrogen-bond donors (Lipinski definition) is 1. The van der Waals surface area contributed by atoms with Crippen molar-refractivity contribution in [2.45, 2.75) is 25.8 Å². The summed E-state index contributed by atoms with van der Waals surface area (Å²) in [5, 5.41) is 3.36. The lowest BCUT2D eigenvalue weighted by Gasteiger charge is -2.27. The quantitative estimate of drug-likeness (QED) is 0.874. The SMILES string of the molecule is CCCN(C(=O)c1ccc(-c2ccc3c(c2)OCCO3)s1)C1CCNC1. The van der Waals surface area contributed by atoms with Gasteiger partial charge in [-0.15, -0.1) is 11.3 Å². The monoisotopic (exact) mass is 372 g/mol. The Hall–Kier alpha value is -2.05. The van der Waals surface area contributed by atoms with Gasteiger partial charge in [-0.1, -0.05) is 6.92 Å². The molecule has 1 saturated heterocycles. The summed E-state index contributed by atoms with van der Waals surface area (Å²) in [6.07, 6.45) is 2.01. The summed E-state index contributed by atoms with van der Waals surface area (Å²) in [5.41, 5.74) is 1.06. The van der Waals surface area contributed by atoms with E-state index in [1.54, 1.807) is 11.3 Å². The number of amides is 1. The maximum atomic E-state index is 13.1. The summed E-state index contributed by atoms with van der Waals surface area (Å²) in [4.78, 5) is 17.0. The second-order valence-electron chi connectivity index (χ2n) is 6.67. The zero-order chi connectivity index (χ0) is 17.9. The van der Waals surface area contributed by atoms with Crippen LogP contribution in [0.4, 0.5) is 0 Å². The van der Waals surface area contributed by atoms with Gasteiger partial charge < -0.3 is 19.7 Å². The fraction of sp³-hybridized carbons (Fsp3) is 0.450. The van der Waals surface area contributed by atoms with Crippen molar-refractivity contribution in [3.8, 4) is 21.9 Å². The van der Waals surface area contributed by atoms with E-state index in [9.17, 15) is 4.79 Å². The highest BCUT2D eigenvalue weighted by Gasteiger charge is 2.27. The standard InChI is InChI=1S/C20H24N2O3S/c1-2-9-22(15-7-8-21-13-15)20(23)19-6-5-18(26-19)14-3-4-16-17(12-14)25-11-10-24-16/h3-6,12,15,21H,2,7-11,13H2,1H3. The van der Waals surface area contributed by atoms with Gasteiger partial charge in [0.2, 0.25) is 0 Å². The highest BCUT2D eigenvalue weighted by molar-refractivity contribution is 7.17. The molecule has 0 saturated carbocycles. The molecule has 1 aromatic heterocycles. The van der Waals surface area contributed by atoms with Gasteiger partial charge in [0.1, 0.15) is 13.2 Å². The summed E-state index contributed by atoms with van der Waals surface area (Å²) in [6, 6.07) is 10.3. The molecule has 0 radical (unpaired) electrons. The van der Waals surface area contributed by atoms with Crippen LogP contribution in [0.5, 0.6) is 11.5 Å². The van der Waals surface area contributed by atoms with Gasteiger partial charge in [0.05, 0.1) is 4.88 Å². The third-order valence-corrected chi connectivity index (χ3v) is 5.97. The van der Waals surface area contributed by atoms with Crippen molar-refractivity contribution in [1.82, 2.24) is 10.2 Å². The second kappa shape index (κ2) is 7.68. The van der Waals surface area contributed by atoms with Gasteiger partial charge in [-0.05, 0) is 55.3 Å². The maximum absolute atomic E-state index is 13.1. The van der Waals surface area contributed by atoms with Crippen LogP contribution in [0.25, 0.3) is 10.4 Å². The molecule has 5 nitrogen and oxygen atoms in total. The summed E-state index contributed by atoms with van der Waals surface area (Å²) >= 11 is 1.55. The van der Waals surface area contributed by atoms with E-state index in [2.05, 4.69) is 12.2 Å². The molecule has 0 bridgehead atoms. The van der Waals surface area contributed by atoms with E-state index >= 15 is 0 Å². The molecule has 138 valence electrons. The molecule has 2 aromatic rings. The minimum atomic E-state index is 0.148. The number of ether oxygens (including phenoxy) is 2. The molecule has 2 aliphatic rings. The van der Waals surface area contributed by atoms with Crippen LogP contribution in [0, 0.1) is 0 Å². The first-order valence-electron chi connectivity index (χ1n) is 9.28. The molecule has 1 amide bonds. The Morgan fingerprint density at radius 1 is 1.23 bits per heavy atom. The lowest BCUT2D eigenvalue weighted by atomic mass is 10.1. The Labute approximate surface area is 157 Å². The number of nitrogens with zero attached hydrogens (tertiary/aromatic N) is 1. The van der Waals surface area contributed by atoms with Gasteiger partial charge in [-0.3, -0.25) is 4.79 Å². The Bertz CT molecular complexity index is 783. The molecular formula is C20H24N2O3S. The molecule has 6 heteroatoms. The molecule has 1 unspecified atom stereocenters. The first kappa shape index (κ1) is 17.4. The second-order valence-corrected chi connectivity index (χ2v) is 7.75. The first-order chi connectivity index (χ1) is 12.8. The van der Waals surface area contributed by atoms with E-state index in [1.165, 1.54) is 0 Å². The third-order valence-electron chi connectivity index (χ3n) is 4.84. The highest BCUT2D eigenvalue weighted by Crippen LogP contribution is 2.37. The van der Waals surface area contributed by atoms with E-state index in [0.717, 1.165) is 59.3 Å². The third kappa shape index (κ3) is 3.44. The van der Waals surface area contributed by atoms with Crippen LogP contribution in [0.1, 0.15) is 29.4 Å². The van der Waals surface area contributed by atoms with Gasteiger partial charge >= 0.3 is 0 Å². The van der Waals surface area contributed by atoms with Gasteiger partial charge in [0.25, 0.3) is 5.91 Å². The molecule has 3 heterocycles. The summed E-state index contributed by atoms with van der Waals surface area (Å²) in [7, 11) is 0. The highest BCUT2D eigenvalue weighted by atomic mass is 32.1. The van der Waals surface area contributed by atoms with E-state index in [-0.39, 0.29) is 5.91 Å². The van der Waals surface area contributed by atoms with Gasteiger partial charge in [-0.2, -0.15) is 0 Å². The molecular weight excluding hydrogens is 348 g/mol. The summed E-state index contributed by atoms with van der Waals surface area (Å²) in [6.45, 7) is 5.98. The number of fused-ring (bicyclic) bond motifs is 1. The van der Waals surface area contributed by atoms with Crippen molar-refractivity contribution in [3.05, 3.63) is 35.2 Å². The van der Waals surface area contributed by atoms with Gasteiger partial charge in [0.15, 0.2) is 11.5 Å². The molecule has 2 aliphatic heterocycles. The van der Waals surface area contributed by atoms with Crippen molar-refractivity contribution in [3.63, 3.8) is 0 Å². The predicted octanol–water partition coefficient (Wildman–Crippen LogP) is 3.40. The average Bonchev–Trinajstić information content (AvgIpc) is 3.37. The van der Waals surface area contributed by atoms with Crippen molar-refractivity contribution < 1.29 is 14.3 Å². The van der Waals surface area contributed by atoms with Crippen molar-refractivity contribution >= 4 is 17.2 Å². The van der Waals surface area contributed by atoms with Crippen LogP contribution in [0.3, 0.4) is 0 Å². The number of carbonyl (C=O) groups excluding carboxylic acids is 1. The number of carbonyl (C=O) groups is 1. The summed E-state index contributed by atoms with van der Waals surface area (Å²) < 4.78 is 11.3. The van der Waals surface area contributed by atoms with Gasteiger partial charge in [-0.25, -0.2) is 0 Å². The smallest absolute Gasteiger partial charge is 0.264 e. The number of hydrogen-bond acceptors (Lipinski definition) is 5. The Balaban J connectivity index is 1.56. The fourth-order valence-corrected chi connectivity index (χ4v) is 4.50. The molecule has 1 fully saturated rings. The van der Waals surface area contributed by atoms with E-state index in [4.69, 9.17) is 9.47 Å². The molecule has 4 rings (SSSR count). The Morgan fingerprint density at radius 2 is 2.08 bits per heavy atom. The minimum absolute atomic E-state index is 0.148. The maximum Gasteiger partial charge on any atom is 0.264 e. The van der Waals surface area contributed by atoms with E-state index in [0.29, 0.717) is 19.3 Å². The zero-order valence-corrected chi connectivity index (χ0v) is 15.8. The molecule has 1 N–H and O–H groups in total. The molecule has 0 spiro atoms. The zero-order valence-electron chi connectivity index (χ0n) is 15.0. The lowest BCUT2D eigenvalue weighted by molar-refractivity contribution is 0.0697. The van der Waals surface area contributed by atoms with Crippen molar-refractivity contribution in [2.24, 2.45) is 0 Å². The van der Waals surface area contributed by atoms with E-state index < -0.39 is 0 Å². The molecule has 0 aliphatic carbocycles. The fourth-order valence-electron chi connectivity index (χ4n) is 3.54. The Morgan fingerprint density at radius 3 is 2.85 bits per heavy atom. The topological polar surface area (TPSA) is 50.8 Å². The lowest BCUT2D eigenvalue weighted by Crippen LogP contribution is -2.41. The first-order valence-corrected chi connectivity index (χ1v) is 10.1. The average molecular weight is 372 g/mol. The largest absolute Gasteiger partial charge is 0.486 e. The van der Waals surface area contributed by atoms with Crippen LogP contribution in [-0.4, -0.2) is 49.7 Å². The van der Waals surface area contributed by atoms with Crippen molar-refractivity contribution in [1.29, 1.82) is 0 Å². The number of benzene rings is 1. The number of thiophene rings is 1. The van der Waals surface area contributed by atoms with Crippen LogP contribution < -0.4 is 14.8 Å². The van der Waals surface area contributed by atoms with Crippen LogP contribution in [0.2, 0.25) is 0 Å². The van der Waals surface area contributed by atoms with Crippen LogP contribution in [-0.2, 0) is 0 Å². The normalized spacial score (nSPS) is 18.7. The minimum Gasteiger partial charge on any atom is -0.486 e. The molecule has 1 atom stereocenters. The van der Waals surface area contributed by atoms with Crippen LogP contribution >= 0.6 is 11.3 Å². The number of rotatable bonds is 5. The number of nitrogens with one attached hydrogen (secondary N) is 1. The van der Waals surface area contributed by atoms with Gasteiger partial charge in [0, 0.05) is 24.0 Å². The molecule has 1 aromatic carbocycles. The van der Waals surface area contributed by atoms with Crippen LogP contribution in [0.15, 0.2) is 30.3 Å².